The molecule has 0 aromatic heterocycles. The molecule has 0 rings (SSSR count). The van der Waals surface area contributed by atoms with Gasteiger partial charge in [0.2, 0.25) is 0 Å². The minimum atomic E-state index is -0.192. The summed E-state index contributed by atoms with van der Waals surface area (Å²) < 4.78 is 13.3. The number of hydrogen-bond acceptors (Lipinski definition) is 8. The van der Waals surface area contributed by atoms with Crippen LogP contribution in [0.15, 0.2) is 0 Å². The lowest BCUT2D eigenvalue weighted by atomic mass is 9.76. The Morgan fingerprint density at radius 3 is 0.931 bits per heavy atom. The van der Waals surface area contributed by atoms with Crippen LogP contribution in [0.1, 0.15) is 70.6 Å². The summed E-state index contributed by atoms with van der Waals surface area (Å²) in [6.07, 6.45) is 11.1. The van der Waals surface area contributed by atoms with Crippen molar-refractivity contribution in [3.8, 4) is 0 Å². The van der Waals surface area contributed by atoms with Crippen LogP contribution >= 0.6 is 75.8 Å². The van der Waals surface area contributed by atoms with Gasteiger partial charge in [0.1, 0.15) is 0 Å². The molecule has 176 valence electrons. The second kappa shape index (κ2) is 20.6. The molecule has 0 atom stereocenters. The van der Waals surface area contributed by atoms with Crippen LogP contribution in [0.5, 0.6) is 0 Å². The minimum Gasteiger partial charge on any atom is -0.375 e. The molecule has 0 spiro atoms. The molecule has 2 nitrogen and oxygen atoms in total. The fraction of sp³-hybridized carbons (Fsp3) is 1.00. The molecule has 0 aromatic rings. The van der Waals surface area contributed by atoms with Gasteiger partial charge in [0.25, 0.3) is 0 Å². The zero-order valence-corrected chi connectivity index (χ0v) is 23.3. The first kappa shape index (κ1) is 31.0. The van der Waals surface area contributed by atoms with Crippen molar-refractivity contribution in [1.82, 2.24) is 0 Å². The molecule has 29 heavy (non-hydrogen) atoms. The van der Waals surface area contributed by atoms with Crippen molar-refractivity contribution in [2.45, 2.75) is 81.8 Å². The van der Waals surface area contributed by atoms with Crippen molar-refractivity contribution in [2.24, 2.45) is 0 Å². The van der Waals surface area contributed by atoms with E-state index in [0.717, 1.165) is 118 Å². The van der Waals surface area contributed by atoms with Crippen molar-refractivity contribution in [1.29, 1.82) is 0 Å². The summed E-state index contributed by atoms with van der Waals surface area (Å²) in [4.78, 5) is 0. The van der Waals surface area contributed by atoms with Gasteiger partial charge in [0, 0.05) is 19.6 Å². The van der Waals surface area contributed by atoms with Crippen LogP contribution in [0.2, 0.25) is 0 Å². The van der Waals surface area contributed by atoms with E-state index in [-0.39, 0.29) is 11.2 Å². The Morgan fingerprint density at radius 2 is 0.690 bits per heavy atom. The van der Waals surface area contributed by atoms with E-state index in [1.54, 1.807) is 0 Å². The SMILES string of the molecule is SCCCOC(CCCS)(CCCS)CC(CCCS)(CCCS)OCCCS. The molecule has 0 saturated carbocycles. The van der Waals surface area contributed by atoms with Crippen molar-refractivity contribution < 1.29 is 9.47 Å². The first-order chi connectivity index (χ1) is 14.1. The summed E-state index contributed by atoms with van der Waals surface area (Å²) in [5, 5.41) is 0. The third kappa shape index (κ3) is 14.7. The number of rotatable bonds is 22. The molecule has 0 N–H and O–H groups in total. The van der Waals surface area contributed by atoms with E-state index in [0.29, 0.717) is 0 Å². The maximum Gasteiger partial charge on any atom is 0.0710 e. The number of ether oxygens (including phenoxy) is 2. The zero-order chi connectivity index (χ0) is 21.8. The molecule has 8 heteroatoms. The first-order valence-electron chi connectivity index (χ1n) is 11.0. The molecular formula is C21H44O2S6. The van der Waals surface area contributed by atoms with Crippen LogP contribution in [-0.4, -0.2) is 58.9 Å². The monoisotopic (exact) mass is 520 g/mol. The molecule has 0 amide bonds. The first-order valence-corrected chi connectivity index (χ1v) is 14.8. The maximum absolute atomic E-state index is 6.65. The van der Waals surface area contributed by atoms with Crippen LogP contribution in [-0.2, 0) is 9.47 Å². The molecule has 0 aliphatic rings. The molecule has 0 bridgehead atoms. The Hall–Kier alpha value is 2.02. The highest BCUT2D eigenvalue weighted by Gasteiger charge is 2.41. The van der Waals surface area contributed by atoms with Gasteiger partial charge in [0.05, 0.1) is 11.2 Å². The molecule has 0 aliphatic heterocycles. The van der Waals surface area contributed by atoms with Crippen molar-refractivity contribution in [3.63, 3.8) is 0 Å². The molecule has 0 fully saturated rings. The van der Waals surface area contributed by atoms with Gasteiger partial charge in [-0.2, -0.15) is 75.8 Å². The summed E-state index contributed by atoms with van der Waals surface area (Å²) in [7, 11) is 0. The van der Waals surface area contributed by atoms with Crippen LogP contribution in [0, 0.1) is 0 Å². The summed E-state index contributed by atoms with van der Waals surface area (Å²) >= 11 is 26.7. The average molecular weight is 521 g/mol. The Labute approximate surface area is 213 Å². The Balaban J connectivity index is 5.72. The zero-order valence-electron chi connectivity index (χ0n) is 17.9. The summed E-state index contributed by atoms with van der Waals surface area (Å²) in [6.45, 7) is 1.49. The van der Waals surface area contributed by atoms with Crippen LogP contribution in [0.25, 0.3) is 0 Å². The Kier molecular flexibility index (Phi) is 22.1. The van der Waals surface area contributed by atoms with E-state index in [9.17, 15) is 0 Å². The van der Waals surface area contributed by atoms with Crippen LogP contribution < -0.4 is 0 Å². The van der Waals surface area contributed by atoms with E-state index in [1.165, 1.54) is 0 Å². The quantitative estimate of drug-likeness (QED) is 0.0736. The van der Waals surface area contributed by atoms with Gasteiger partial charge in [-0.1, -0.05) is 0 Å². The Bertz CT molecular complexity index is 312. The lowest BCUT2D eigenvalue weighted by Gasteiger charge is -2.44. The topological polar surface area (TPSA) is 18.5 Å². The van der Waals surface area contributed by atoms with E-state index >= 15 is 0 Å². The third-order valence-electron chi connectivity index (χ3n) is 5.23. The molecule has 0 saturated heterocycles. The van der Waals surface area contributed by atoms with E-state index in [4.69, 9.17) is 9.47 Å². The number of thiol groups is 6. The summed E-state index contributed by atoms with van der Waals surface area (Å²) in [5.74, 6) is 5.19. The molecule has 0 heterocycles. The van der Waals surface area contributed by atoms with Crippen molar-refractivity contribution >= 4 is 75.8 Å². The smallest absolute Gasteiger partial charge is 0.0710 e. The largest absolute Gasteiger partial charge is 0.375 e. The molecule has 0 aliphatic carbocycles. The second-order valence-electron chi connectivity index (χ2n) is 7.70. The van der Waals surface area contributed by atoms with Gasteiger partial charge in [-0.05, 0) is 98.7 Å². The fourth-order valence-corrected chi connectivity index (χ4v) is 4.78. The van der Waals surface area contributed by atoms with Crippen LogP contribution in [0.4, 0.5) is 0 Å². The fourth-order valence-electron chi connectivity index (χ4n) is 3.89. The molecule has 0 aromatic carbocycles. The van der Waals surface area contributed by atoms with Crippen molar-refractivity contribution in [3.05, 3.63) is 0 Å². The van der Waals surface area contributed by atoms with Gasteiger partial charge < -0.3 is 9.47 Å². The molecular weight excluding hydrogens is 477 g/mol. The van der Waals surface area contributed by atoms with Crippen LogP contribution in [0.3, 0.4) is 0 Å². The molecule has 0 unspecified atom stereocenters. The number of hydrogen-bond donors (Lipinski definition) is 6. The lowest BCUT2D eigenvalue weighted by molar-refractivity contribution is -0.143. The Morgan fingerprint density at radius 1 is 0.414 bits per heavy atom. The summed E-state index contributed by atoms with van der Waals surface area (Å²) in [6, 6.07) is 0. The van der Waals surface area contributed by atoms with Crippen molar-refractivity contribution in [2.75, 3.05) is 47.7 Å². The van der Waals surface area contributed by atoms with E-state index in [2.05, 4.69) is 75.8 Å². The second-order valence-corrected chi connectivity index (χ2v) is 10.4. The predicted molar refractivity (Wildman–Crippen MR) is 151 cm³/mol. The third-order valence-corrected chi connectivity index (χ3v) is 7.13. The minimum absolute atomic E-state index is 0.192. The highest BCUT2D eigenvalue weighted by Crippen LogP contribution is 2.40. The molecule has 0 radical (unpaired) electrons. The summed E-state index contributed by atoms with van der Waals surface area (Å²) in [5.41, 5.74) is -0.384. The highest BCUT2D eigenvalue weighted by atomic mass is 32.1. The standard InChI is InChI=1S/C21H44O2S6/c24-13-1-7-20(8-2-14-25,22-11-5-17-28)19-21(9-3-15-26,10-4-16-27)23-12-6-18-29/h24-29H,1-19H2. The average Bonchev–Trinajstić information content (AvgIpc) is 2.73. The van der Waals surface area contributed by atoms with Gasteiger partial charge in [-0.15, -0.1) is 0 Å². The highest BCUT2D eigenvalue weighted by molar-refractivity contribution is 7.81. The maximum atomic E-state index is 6.65. The predicted octanol–water partition coefficient (Wildman–Crippen LogP) is 6.37. The van der Waals surface area contributed by atoms with E-state index in [1.807, 2.05) is 0 Å². The van der Waals surface area contributed by atoms with Gasteiger partial charge in [0.15, 0.2) is 0 Å². The normalized spacial score (nSPS) is 12.6. The van der Waals surface area contributed by atoms with E-state index < -0.39 is 0 Å². The lowest BCUT2D eigenvalue weighted by Crippen LogP contribution is -2.46. The van der Waals surface area contributed by atoms with Gasteiger partial charge >= 0.3 is 0 Å². The van der Waals surface area contributed by atoms with Gasteiger partial charge in [-0.3, -0.25) is 0 Å². The van der Waals surface area contributed by atoms with Gasteiger partial charge in [-0.25, -0.2) is 0 Å².